The van der Waals surface area contributed by atoms with E-state index in [9.17, 15) is 19.1 Å². The van der Waals surface area contributed by atoms with Crippen LogP contribution in [-0.2, 0) is 0 Å². The van der Waals surface area contributed by atoms with Crippen molar-refractivity contribution in [3.8, 4) is 16.9 Å². The van der Waals surface area contributed by atoms with Crippen LogP contribution in [0.4, 0.5) is 4.39 Å². The molecule has 0 bridgehead atoms. The summed E-state index contributed by atoms with van der Waals surface area (Å²) < 4.78 is 14.2. The number of carbonyl (C=O) groups excluding carboxylic acids is 2. The maximum atomic E-state index is 14.2. The Hall–Kier alpha value is -2.89. The molecule has 0 atom stereocenters. The van der Waals surface area contributed by atoms with E-state index in [-0.39, 0.29) is 34.2 Å². The minimum atomic E-state index is -0.751. The number of primary amides is 1. The fourth-order valence-corrected chi connectivity index (χ4v) is 3.42. The third-order valence-corrected chi connectivity index (χ3v) is 5.06. The van der Waals surface area contributed by atoms with Crippen molar-refractivity contribution in [1.82, 2.24) is 4.90 Å². The molecule has 1 saturated carbocycles. The van der Waals surface area contributed by atoms with Crippen molar-refractivity contribution in [3.05, 3.63) is 52.8 Å². The van der Waals surface area contributed by atoms with E-state index in [2.05, 4.69) is 20.8 Å². The summed E-state index contributed by atoms with van der Waals surface area (Å²) in [5, 5.41) is 10.6. The zero-order valence-electron chi connectivity index (χ0n) is 17.3. The monoisotopic (exact) mass is 398 g/mol. The number of carbonyl (C=O) groups is 2. The van der Waals surface area contributed by atoms with Crippen molar-refractivity contribution in [1.29, 1.82) is 0 Å². The highest BCUT2D eigenvalue weighted by atomic mass is 19.1. The van der Waals surface area contributed by atoms with Gasteiger partial charge in [0.1, 0.15) is 11.6 Å². The van der Waals surface area contributed by atoms with Crippen molar-refractivity contribution >= 4 is 11.8 Å². The molecule has 0 unspecified atom stereocenters. The Balaban J connectivity index is 1.97. The first kappa shape index (κ1) is 20.8. The number of amides is 2. The number of halogens is 1. The van der Waals surface area contributed by atoms with E-state index in [4.69, 9.17) is 5.73 Å². The van der Waals surface area contributed by atoms with Crippen LogP contribution in [0.3, 0.4) is 0 Å². The third-order valence-electron chi connectivity index (χ3n) is 5.06. The molecule has 0 aromatic heterocycles. The molecule has 2 aromatic carbocycles. The molecule has 154 valence electrons. The lowest BCUT2D eigenvalue weighted by Crippen LogP contribution is -2.39. The Bertz CT molecular complexity index is 975. The lowest BCUT2D eigenvalue weighted by molar-refractivity contribution is 0.0679. The van der Waals surface area contributed by atoms with E-state index in [0.717, 1.165) is 18.9 Å². The van der Waals surface area contributed by atoms with Crippen LogP contribution >= 0.6 is 0 Å². The van der Waals surface area contributed by atoms with Crippen LogP contribution in [0.5, 0.6) is 5.75 Å². The molecular formula is C23H27FN2O3. The average molecular weight is 398 g/mol. The standard InChI is InChI=1S/C23H27FN2O3/c1-13-18(9-15(21(25)28)10-19(13)24)17-8-5-14(11-20(17)27)22(29)26(16-6-7-16)12-23(2,3)4/h5,8-11,16,27H,6-7,12H2,1-4H3,(H2,25,28). The quantitative estimate of drug-likeness (QED) is 0.789. The van der Waals surface area contributed by atoms with E-state index < -0.39 is 11.7 Å². The number of nitrogens with zero attached hydrogens (tertiary/aromatic N) is 1. The molecule has 2 aromatic rings. The van der Waals surface area contributed by atoms with Gasteiger partial charge in [0.05, 0.1) is 0 Å². The van der Waals surface area contributed by atoms with Gasteiger partial charge in [0.2, 0.25) is 5.91 Å². The topological polar surface area (TPSA) is 83.6 Å². The van der Waals surface area contributed by atoms with Crippen LogP contribution in [0.15, 0.2) is 30.3 Å². The van der Waals surface area contributed by atoms with Crippen LogP contribution in [0, 0.1) is 18.2 Å². The van der Waals surface area contributed by atoms with Gasteiger partial charge in [0.15, 0.2) is 0 Å². The molecule has 0 aliphatic heterocycles. The molecule has 6 heteroatoms. The predicted molar refractivity (Wildman–Crippen MR) is 110 cm³/mol. The molecule has 1 aliphatic carbocycles. The van der Waals surface area contributed by atoms with Gasteiger partial charge in [-0.3, -0.25) is 9.59 Å². The highest BCUT2D eigenvalue weighted by Gasteiger charge is 2.35. The van der Waals surface area contributed by atoms with Crippen molar-refractivity contribution in [2.45, 2.75) is 46.6 Å². The van der Waals surface area contributed by atoms with Gasteiger partial charge in [-0.1, -0.05) is 20.8 Å². The fourth-order valence-electron chi connectivity index (χ4n) is 3.42. The summed E-state index contributed by atoms with van der Waals surface area (Å²) in [6.07, 6.45) is 1.98. The van der Waals surface area contributed by atoms with E-state index in [0.29, 0.717) is 23.2 Å². The smallest absolute Gasteiger partial charge is 0.254 e. The van der Waals surface area contributed by atoms with Crippen molar-refractivity contribution in [2.24, 2.45) is 11.1 Å². The second-order valence-electron chi connectivity index (χ2n) is 8.95. The molecule has 1 aliphatic rings. The van der Waals surface area contributed by atoms with E-state index in [1.165, 1.54) is 12.1 Å². The van der Waals surface area contributed by atoms with Gasteiger partial charge in [-0.15, -0.1) is 0 Å². The molecule has 2 amide bonds. The molecule has 0 saturated heterocycles. The van der Waals surface area contributed by atoms with Crippen LogP contribution in [0.25, 0.3) is 11.1 Å². The van der Waals surface area contributed by atoms with Gasteiger partial charge < -0.3 is 15.7 Å². The molecular weight excluding hydrogens is 371 g/mol. The molecule has 5 nitrogen and oxygen atoms in total. The average Bonchev–Trinajstić information content (AvgIpc) is 3.45. The second-order valence-corrected chi connectivity index (χ2v) is 8.95. The molecule has 3 N–H and O–H groups in total. The largest absolute Gasteiger partial charge is 0.507 e. The first-order valence-corrected chi connectivity index (χ1v) is 9.72. The Morgan fingerprint density at radius 1 is 1.14 bits per heavy atom. The molecule has 3 rings (SSSR count). The minimum absolute atomic E-state index is 0.0211. The summed E-state index contributed by atoms with van der Waals surface area (Å²) in [4.78, 5) is 26.4. The Labute approximate surface area is 170 Å². The summed E-state index contributed by atoms with van der Waals surface area (Å²) in [6, 6.07) is 7.39. The van der Waals surface area contributed by atoms with Gasteiger partial charge in [-0.2, -0.15) is 0 Å². The van der Waals surface area contributed by atoms with Crippen molar-refractivity contribution in [2.75, 3.05) is 6.54 Å². The van der Waals surface area contributed by atoms with E-state index in [1.807, 2.05) is 4.90 Å². The number of aromatic hydroxyl groups is 1. The Morgan fingerprint density at radius 3 is 2.31 bits per heavy atom. The number of phenolic OH excluding ortho intramolecular Hbond substituents is 1. The van der Waals surface area contributed by atoms with Crippen molar-refractivity contribution < 1.29 is 19.1 Å². The van der Waals surface area contributed by atoms with Gasteiger partial charge in [-0.05, 0) is 66.6 Å². The van der Waals surface area contributed by atoms with Gasteiger partial charge in [0, 0.05) is 29.3 Å². The molecule has 1 fully saturated rings. The minimum Gasteiger partial charge on any atom is -0.507 e. The van der Waals surface area contributed by atoms with Crippen LogP contribution in [-0.4, -0.2) is 34.4 Å². The van der Waals surface area contributed by atoms with Gasteiger partial charge >= 0.3 is 0 Å². The number of hydrogen-bond acceptors (Lipinski definition) is 3. The molecule has 0 spiro atoms. The highest BCUT2D eigenvalue weighted by molar-refractivity contribution is 5.97. The number of rotatable bonds is 5. The summed E-state index contributed by atoms with van der Waals surface area (Å²) in [5.41, 5.74) is 6.64. The van der Waals surface area contributed by atoms with Crippen LogP contribution in [0.1, 0.15) is 59.9 Å². The fraction of sp³-hybridized carbons (Fsp3) is 0.391. The van der Waals surface area contributed by atoms with Crippen molar-refractivity contribution in [3.63, 3.8) is 0 Å². The lowest BCUT2D eigenvalue weighted by atomic mass is 9.94. The van der Waals surface area contributed by atoms with Crippen LogP contribution in [0.2, 0.25) is 0 Å². The predicted octanol–water partition coefficient (Wildman–Crippen LogP) is 4.26. The van der Waals surface area contributed by atoms with E-state index in [1.54, 1.807) is 19.1 Å². The first-order valence-electron chi connectivity index (χ1n) is 9.72. The molecule has 0 heterocycles. The highest BCUT2D eigenvalue weighted by Crippen LogP contribution is 2.36. The van der Waals surface area contributed by atoms with Gasteiger partial charge in [0.25, 0.3) is 5.91 Å². The summed E-state index contributed by atoms with van der Waals surface area (Å²) in [7, 11) is 0. The molecule has 0 radical (unpaired) electrons. The Kier molecular flexibility index (Phi) is 5.39. The normalized spacial score (nSPS) is 14.0. The Morgan fingerprint density at radius 2 is 1.79 bits per heavy atom. The third kappa shape index (κ3) is 4.58. The second kappa shape index (κ2) is 7.50. The summed E-state index contributed by atoms with van der Waals surface area (Å²) in [6.45, 7) is 8.44. The summed E-state index contributed by atoms with van der Waals surface area (Å²) in [5.74, 6) is -1.61. The van der Waals surface area contributed by atoms with Crippen LogP contribution < -0.4 is 5.73 Å². The number of hydrogen-bond donors (Lipinski definition) is 2. The van der Waals surface area contributed by atoms with E-state index >= 15 is 0 Å². The number of phenols is 1. The number of nitrogens with two attached hydrogens (primary N) is 1. The molecule has 29 heavy (non-hydrogen) atoms. The zero-order chi connectivity index (χ0) is 21.5. The maximum absolute atomic E-state index is 14.2. The number of benzene rings is 2. The lowest BCUT2D eigenvalue weighted by Gasteiger charge is -2.30. The SMILES string of the molecule is Cc1c(F)cc(C(N)=O)cc1-c1ccc(C(=O)N(CC(C)(C)C)C2CC2)cc1O. The zero-order valence-corrected chi connectivity index (χ0v) is 17.3. The van der Waals surface area contributed by atoms with Gasteiger partial charge in [-0.25, -0.2) is 4.39 Å². The summed E-state index contributed by atoms with van der Waals surface area (Å²) >= 11 is 0. The first-order chi connectivity index (χ1) is 13.5. The maximum Gasteiger partial charge on any atom is 0.254 e.